The zero-order chi connectivity index (χ0) is 20.1. The summed E-state index contributed by atoms with van der Waals surface area (Å²) in [5.74, 6) is 0.629. The van der Waals surface area contributed by atoms with E-state index in [0.717, 1.165) is 37.3 Å². The average Bonchev–Trinajstić information content (AvgIpc) is 2.69. The third-order valence-electron chi connectivity index (χ3n) is 4.79. The maximum absolute atomic E-state index is 12.2. The van der Waals surface area contributed by atoms with Gasteiger partial charge >= 0.3 is 5.97 Å². The van der Waals surface area contributed by atoms with Crippen LogP contribution in [0.2, 0.25) is 5.02 Å². The van der Waals surface area contributed by atoms with Crippen LogP contribution in [0.4, 0.5) is 5.82 Å². The molecule has 0 N–H and O–H groups in total. The molecule has 1 fully saturated rings. The Morgan fingerprint density at radius 3 is 2.43 bits per heavy atom. The van der Waals surface area contributed by atoms with Gasteiger partial charge in [0, 0.05) is 32.1 Å². The normalized spacial score (nSPS) is 15.4. The monoisotopic (exact) mass is 422 g/mol. The third-order valence-corrected chi connectivity index (χ3v) is 6.76. The van der Waals surface area contributed by atoms with Crippen LogP contribution in [-0.2, 0) is 25.8 Å². The molecule has 1 aromatic carbocycles. The van der Waals surface area contributed by atoms with E-state index in [0.29, 0.717) is 5.02 Å². The molecule has 1 aliphatic rings. The molecule has 0 radical (unpaired) electrons. The molecule has 0 unspecified atom stereocenters. The molecule has 150 valence electrons. The average molecular weight is 423 g/mol. The number of carbonyl (C=O) groups excluding carboxylic acids is 1. The number of hydrogen-bond acceptors (Lipinski definition) is 6. The number of esters is 1. The van der Waals surface area contributed by atoms with Gasteiger partial charge in [0.15, 0.2) is 9.84 Å². The van der Waals surface area contributed by atoms with Crippen LogP contribution in [0.3, 0.4) is 0 Å². The topological polar surface area (TPSA) is 76.6 Å². The van der Waals surface area contributed by atoms with Crippen molar-refractivity contribution in [3.05, 3.63) is 53.2 Å². The molecule has 28 heavy (non-hydrogen) atoms. The molecule has 0 spiro atoms. The lowest BCUT2D eigenvalue weighted by atomic mass is 10.1. The standard InChI is InChI=1S/C20H23ClN2O4S/c1-2-28(25,26)18-6-3-15(4-7-18)13-20(24)27-17-9-11-23(12-10-17)19-8-5-16(21)14-22-19/h3-8,14,17H,2,9-13H2,1H3. The molecule has 0 atom stereocenters. The zero-order valence-electron chi connectivity index (χ0n) is 15.7. The minimum absolute atomic E-state index is 0.0542. The summed E-state index contributed by atoms with van der Waals surface area (Å²) in [6.07, 6.45) is 3.12. The Hall–Kier alpha value is -2.12. The van der Waals surface area contributed by atoms with Crippen LogP contribution in [-0.4, -0.2) is 44.3 Å². The van der Waals surface area contributed by atoms with Gasteiger partial charge in [-0.15, -0.1) is 0 Å². The Morgan fingerprint density at radius 1 is 1.18 bits per heavy atom. The minimum Gasteiger partial charge on any atom is -0.462 e. The Bertz CT molecular complexity index is 906. The molecule has 0 amide bonds. The number of rotatable bonds is 6. The summed E-state index contributed by atoms with van der Waals surface area (Å²) in [5, 5.41) is 0.605. The van der Waals surface area contributed by atoms with Gasteiger partial charge in [-0.25, -0.2) is 13.4 Å². The number of sulfone groups is 1. The highest BCUT2D eigenvalue weighted by molar-refractivity contribution is 7.91. The number of nitrogens with zero attached hydrogens (tertiary/aromatic N) is 2. The fraction of sp³-hybridized carbons (Fsp3) is 0.400. The highest BCUT2D eigenvalue weighted by Gasteiger charge is 2.23. The lowest BCUT2D eigenvalue weighted by molar-refractivity contribution is -0.149. The first kappa shape index (κ1) is 20.6. The molecule has 2 aromatic rings. The van der Waals surface area contributed by atoms with Gasteiger partial charge < -0.3 is 9.64 Å². The van der Waals surface area contributed by atoms with Crippen molar-refractivity contribution in [3.8, 4) is 0 Å². The quantitative estimate of drug-likeness (QED) is 0.665. The second kappa shape index (κ2) is 8.92. The first-order chi connectivity index (χ1) is 13.4. The lowest BCUT2D eigenvalue weighted by Gasteiger charge is -2.32. The van der Waals surface area contributed by atoms with Gasteiger partial charge in [0.1, 0.15) is 11.9 Å². The van der Waals surface area contributed by atoms with Gasteiger partial charge in [0.05, 0.1) is 22.1 Å². The van der Waals surface area contributed by atoms with Crippen molar-refractivity contribution in [3.63, 3.8) is 0 Å². The van der Waals surface area contributed by atoms with Gasteiger partial charge in [-0.2, -0.15) is 0 Å². The summed E-state index contributed by atoms with van der Waals surface area (Å²) in [5.41, 5.74) is 0.739. The zero-order valence-corrected chi connectivity index (χ0v) is 17.2. The van der Waals surface area contributed by atoms with E-state index < -0.39 is 9.84 Å². The summed E-state index contributed by atoms with van der Waals surface area (Å²) < 4.78 is 29.3. The van der Waals surface area contributed by atoms with Gasteiger partial charge in [-0.1, -0.05) is 30.7 Å². The molecule has 6 nitrogen and oxygen atoms in total. The maximum Gasteiger partial charge on any atom is 0.310 e. The van der Waals surface area contributed by atoms with Gasteiger partial charge in [-0.3, -0.25) is 4.79 Å². The van der Waals surface area contributed by atoms with Crippen molar-refractivity contribution in [2.45, 2.75) is 37.2 Å². The van der Waals surface area contributed by atoms with Gasteiger partial charge in [0.2, 0.25) is 0 Å². The Morgan fingerprint density at radius 2 is 1.86 bits per heavy atom. The number of halogens is 1. The number of carbonyl (C=O) groups is 1. The molecular formula is C20H23ClN2O4S. The molecule has 8 heteroatoms. The number of benzene rings is 1. The Kier molecular flexibility index (Phi) is 6.57. The van der Waals surface area contributed by atoms with Crippen molar-refractivity contribution in [2.75, 3.05) is 23.7 Å². The van der Waals surface area contributed by atoms with Crippen LogP contribution in [0.15, 0.2) is 47.5 Å². The fourth-order valence-electron chi connectivity index (χ4n) is 3.13. The Balaban J connectivity index is 1.49. The highest BCUT2D eigenvalue weighted by Crippen LogP contribution is 2.21. The number of hydrogen-bond donors (Lipinski definition) is 0. The van der Waals surface area contributed by atoms with Crippen LogP contribution in [0.25, 0.3) is 0 Å². The van der Waals surface area contributed by atoms with Crippen LogP contribution in [0, 0.1) is 0 Å². The van der Waals surface area contributed by atoms with Crippen LogP contribution in [0.1, 0.15) is 25.3 Å². The van der Waals surface area contributed by atoms with Crippen LogP contribution in [0.5, 0.6) is 0 Å². The molecule has 1 saturated heterocycles. The van der Waals surface area contributed by atoms with E-state index in [-0.39, 0.29) is 29.1 Å². The largest absolute Gasteiger partial charge is 0.462 e. The summed E-state index contributed by atoms with van der Waals surface area (Å²) in [7, 11) is -3.23. The third kappa shape index (κ3) is 5.23. The highest BCUT2D eigenvalue weighted by atomic mass is 35.5. The molecule has 1 aliphatic heterocycles. The van der Waals surface area contributed by atoms with E-state index in [1.165, 1.54) is 0 Å². The maximum atomic E-state index is 12.2. The molecule has 0 aliphatic carbocycles. The van der Waals surface area contributed by atoms with Crippen molar-refractivity contribution < 1.29 is 17.9 Å². The van der Waals surface area contributed by atoms with E-state index in [2.05, 4.69) is 9.88 Å². The SMILES string of the molecule is CCS(=O)(=O)c1ccc(CC(=O)OC2CCN(c3ccc(Cl)cn3)CC2)cc1. The van der Waals surface area contributed by atoms with E-state index >= 15 is 0 Å². The van der Waals surface area contributed by atoms with E-state index in [9.17, 15) is 13.2 Å². The number of anilines is 1. The summed E-state index contributed by atoms with van der Waals surface area (Å²) in [6.45, 7) is 3.13. The van der Waals surface area contributed by atoms with Crippen molar-refractivity contribution in [2.24, 2.45) is 0 Å². The van der Waals surface area contributed by atoms with Crippen LogP contribution >= 0.6 is 11.6 Å². The van der Waals surface area contributed by atoms with Gasteiger partial charge in [0.25, 0.3) is 0 Å². The molecular weight excluding hydrogens is 400 g/mol. The molecule has 0 saturated carbocycles. The number of ether oxygens (including phenoxy) is 1. The van der Waals surface area contributed by atoms with Crippen molar-refractivity contribution >= 4 is 33.2 Å². The van der Waals surface area contributed by atoms with Crippen LogP contribution < -0.4 is 4.90 Å². The fourth-order valence-corrected chi connectivity index (χ4v) is 4.13. The second-order valence-electron chi connectivity index (χ2n) is 6.74. The molecule has 3 rings (SSSR count). The number of piperidine rings is 1. The molecule has 1 aromatic heterocycles. The summed E-state index contributed by atoms with van der Waals surface area (Å²) >= 11 is 5.87. The first-order valence-electron chi connectivity index (χ1n) is 9.25. The summed E-state index contributed by atoms with van der Waals surface area (Å²) in [4.78, 5) is 19.0. The first-order valence-corrected chi connectivity index (χ1v) is 11.3. The van der Waals surface area contributed by atoms with Crippen molar-refractivity contribution in [1.82, 2.24) is 4.98 Å². The van der Waals surface area contributed by atoms with E-state index in [1.807, 2.05) is 12.1 Å². The molecule has 2 heterocycles. The van der Waals surface area contributed by atoms with E-state index in [1.54, 1.807) is 37.4 Å². The second-order valence-corrected chi connectivity index (χ2v) is 9.45. The van der Waals surface area contributed by atoms with E-state index in [4.69, 9.17) is 16.3 Å². The van der Waals surface area contributed by atoms with Crippen molar-refractivity contribution in [1.29, 1.82) is 0 Å². The van der Waals surface area contributed by atoms with Gasteiger partial charge in [-0.05, 0) is 29.8 Å². The summed E-state index contributed by atoms with van der Waals surface area (Å²) in [6, 6.07) is 10.1. The Labute approximate surface area is 170 Å². The number of aromatic nitrogens is 1. The smallest absolute Gasteiger partial charge is 0.310 e. The lowest BCUT2D eigenvalue weighted by Crippen LogP contribution is -2.38. The predicted molar refractivity (Wildman–Crippen MR) is 108 cm³/mol. The predicted octanol–water partition coefficient (Wildman–Crippen LogP) is 3.28. The molecule has 0 bridgehead atoms. The minimum atomic E-state index is -3.23. The number of pyridine rings is 1.